The number of methoxy groups -OCH3 is 2. The number of anilines is 1. The molecule has 0 fully saturated rings. The van der Waals surface area contributed by atoms with Crippen LogP contribution in [0.25, 0.3) is 33.4 Å². The van der Waals surface area contributed by atoms with E-state index in [2.05, 4.69) is 38.0 Å². The van der Waals surface area contributed by atoms with Crippen LogP contribution >= 0.6 is 0 Å². The number of para-hydroxylation sites is 1. The fourth-order valence-corrected chi connectivity index (χ4v) is 4.38. The summed E-state index contributed by atoms with van der Waals surface area (Å²) in [5.41, 5.74) is 6.42. The summed E-state index contributed by atoms with van der Waals surface area (Å²) in [7, 11) is 7.32. The van der Waals surface area contributed by atoms with Gasteiger partial charge in [0.15, 0.2) is 11.5 Å². The molecule has 2 aliphatic heterocycles. The number of ether oxygens (including phenoxy) is 2. The van der Waals surface area contributed by atoms with Crippen LogP contribution in [0.15, 0.2) is 66.9 Å². The molecule has 0 unspecified atom stereocenters. The highest BCUT2D eigenvalue weighted by molar-refractivity contribution is 5.99. The predicted molar refractivity (Wildman–Crippen MR) is 133 cm³/mol. The highest BCUT2D eigenvalue weighted by Gasteiger charge is 2.22. The van der Waals surface area contributed by atoms with Crippen molar-refractivity contribution in [1.82, 2.24) is 14.8 Å². The first kappa shape index (κ1) is 21.7. The molecule has 0 saturated heterocycles. The van der Waals surface area contributed by atoms with E-state index in [0.29, 0.717) is 23.7 Å². The van der Waals surface area contributed by atoms with Crippen molar-refractivity contribution >= 4 is 16.6 Å². The summed E-state index contributed by atoms with van der Waals surface area (Å²) in [5, 5.41) is 9.88. The van der Waals surface area contributed by atoms with Crippen molar-refractivity contribution in [1.29, 1.82) is 0 Å². The molecule has 172 valence electrons. The lowest BCUT2D eigenvalue weighted by molar-refractivity contribution is 0.355. The van der Waals surface area contributed by atoms with Crippen LogP contribution in [0.3, 0.4) is 0 Å². The normalized spacial score (nSPS) is 11.2. The molecular formula is C27H25FN4O2. The Morgan fingerprint density at radius 1 is 0.882 bits per heavy atom. The molecule has 3 aromatic rings. The monoisotopic (exact) mass is 456 g/mol. The van der Waals surface area contributed by atoms with Crippen LogP contribution in [0.5, 0.6) is 11.5 Å². The zero-order chi connectivity index (χ0) is 23.8. The quantitative estimate of drug-likeness (QED) is 0.339. The first-order chi connectivity index (χ1) is 16.5. The summed E-state index contributed by atoms with van der Waals surface area (Å²) in [6, 6.07) is 18.5. The van der Waals surface area contributed by atoms with Crippen molar-refractivity contribution in [2.75, 3.05) is 33.2 Å². The van der Waals surface area contributed by atoms with Gasteiger partial charge in [0, 0.05) is 55.1 Å². The van der Waals surface area contributed by atoms with Gasteiger partial charge in [-0.15, -0.1) is 10.2 Å². The van der Waals surface area contributed by atoms with Crippen LogP contribution in [0.2, 0.25) is 0 Å². The molecule has 2 aliphatic rings. The zero-order valence-corrected chi connectivity index (χ0v) is 19.5. The highest BCUT2D eigenvalue weighted by atomic mass is 19.1. The Labute approximate surface area is 197 Å². The molecule has 0 spiro atoms. The Bertz CT molecular complexity index is 1440. The number of pyridine rings is 1. The van der Waals surface area contributed by atoms with E-state index in [-0.39, 0.29) is 5.82 Å². The maximum Gasteiger partial charge on any atom is 0.162 e. The van der Waals surface area contributed by atoms with E-state index in [9.17, 15) is 4.39 Å². The average molecular weight is 457 g/mol. The summed E-state index contributed by atoms with van der Waals surface area (Å²) >= 11 is 0. The van der Waals surface area contributed by atoms with Gasteiger partial charge in [0.25, 0.3) is 0 Å². The molecule has 2 heterocycles. The lowest BCUT2D eigenvalue weighted by Crippen LogP contribution is -2.13. The Morgan fingerprint density at radius 2 is 1.56 bits per heavy atom. The molecule has 6 nitrogen and oxygen atoms in total. The Balaban J connectivity index is 1.78. The summed E-state index contributed by atoms with van der Waals surface area (Å²) in [5.74, 6) is 0.974. The van der Waals surface area contributed by atoms with Crippen molar-refractivity contribution in [2.24, 2.45) is 0 Å². The Kier molecular flexibility index (Phi) is 5.53. The lowest BCUT2D eigenvalue weighted by atomic mass is 10.0. The number of benzene rings is 3. The van der Waals surface area contributed by atoms with Gasteiger partial charge in [-0.2, -0.15) is 0 Å². The second-order valence-electron chi connectivity index (χ2n) is 8.32. The first-order valence-corrected chi connectivity index (χ1v) is 10.9. The molecule has 0 N–H and O–H groups in total. The van der Waals surface area contributed by atoms with E-state index < -0.39 is 0 Å². The molecule has 0 saturated carbocycles. The third kappa shape index (κ3) is 3.69. The number of nitrogens with zero attached hydrogens (tertiary/aromatic N) is 4. The SMILES string of the molecule is COc1cc2c3nnc(-c4ccc(F)cc4)c-3cn(Cc3ccccc3N(C)C)c2cc1OC. The molecule has 0 atom stereocenters. The van der Waals surface area contributed by atoms with E-state index >= 15 is 0 Å². The summed E-state index contributed by atoms with van der Waals surface area (Å²) < 4.78 is 26.9. The largest absolute Gasteiger partial charge is 0.493 e. The number of halogens is 1. The van der Waals surface area contributed by atoms with Crippen molar-refractivity contribution in [3.63, 3.8) is 0 Å². The molecule has 0 amide bonds. The summed E-state index contributed by atoms with van der Waals surface area (Å²) in [6.07, 6.45) is 2.06. The van der Waals surface area contributed by atoms with E-state index in [1.807, 2.05) is 38.4 Å². The Hall–Kier alpha value is -4.13. The molecule has 0 radical (unpaired) electrons. The fraction of sp³-hybridized carbons (Fsp3) is 0.185. The van der Waals surface area contributed by atoms with E-state index in [4.69, 9.17) is 9.47 Å². The number of fused-ring (bicyclic) bond motifs is 3. The summed E-state index contributed by atoms with van der Waals surface area (Å²) in [6.45, 7) is 0.629. The number of hydrogen-bond acceptors (Lipinski definition) is 5. The Morgan fingerprint density at radius 3 is 2.26 bits per heavy atom. The minimum Gasteiger partial charge on any atom is -0.493 e. The lowest BCUT2D eigenvalue weighted by Gasteiger charge is -2.21. The van der Waals surface area contributed by atoms with Gasteiger partial charge in [-0.3, -0.25) is 0 Å². The molecule has 0 aromatic heterocycles. The second kappa shape index (κ2) is 8.67. The van der Waals surface area contributed by atoms with Crippen LogP contribution < -0.4 is 14.4 Å². The van der Waals surface area contributed by atoms with Gasteiger partial charge in [0.1, 0.15) is 17.2 Å². The molecule has 3 aromatic carbocycles. The smallest absolute Gasteiger partial charge is 0.162 e. The van der Waals surface area contributed by atoms with Crippen LogP contribution in [0, 0.1) is 5.82 Å². The van der Waals surface area contributed by atoms with Gasteiger partial charge in [0.05, 0.1) is 19.7 Å². The number of hydrogen-bond donors (Lipinski definition) is 0. The van der Waals surface area contributed by atoms with Gasteiger partial charge >= 0.3 is 0 Å². The highest BCUT2D eigenvalue weighted by Crippen LogP contribution is 2.41. The van der Waals surface area contributed by atoms with Crippen LogP contribution in [0.1, 0.15) is 5.56 Å². The van der Waals surface area contributed by atoms with Crippen molar-refractivity contribution in [2.45, 2.75) is 6.54 Å². The zero-order valence-electron chi connectivity index (χ0n) is 19.5. The molecule has 5 rings (SSSR count). The third-order valence-corrected chi connectivity index (χ3v) is 6.04. The van der Waals surface area contributed by atoms with Crippen molar-refractivity contribution in [3.8, 4) is 34.0 Å². The minimum absolute atomic E-state index is 0.287. The molecule has 34 heavy (non-hydrogen) atoms. The van der Waals surface area contributed by atoms with E-state index in [1.165, 1.54) is 17.7 Å². The van der Waals surface area contributed by atoms with Gasteiger partial charge in [-0.05, 0) is 42.0 Å². The van der Waals surface area contributed by atoms with E-state index in [0.717, 1.165) is 33.4 Å². The predicted octanol–water partition coefficient (Wildman–Crippen LogP) is 5.47. The second-order valence-corrected chi connectivity index (χ2v) is 8.32. The fourth-order valence-electron chi connectivity index (χ4n) is 4.38. The molecular weight excluding hydrogens is 431 g/mol. The van der Waals surface area contributed by atoms with Gasteiger partial charge in [-0.25, -0.2) is 4.39 Å². The summed E-state index contributed by atoms with van der Waals surface area (Å²) in [4.78, 5) is 2.11. The molecule has 0 bridgehead atoms. The molecule has 0 aliphatic carbocycles. The third-order valence-electron chi connectivity index (χ3n) is 6.04. The van der Waals surface area contributed by atoms with Gasteiger partial charge in [-0.1, -0.05) is 18.2 Å². The first-order valence-electron chi connectivity index (χ1n) is 10.9. The minimum atomic E-state index is -0.287. The van der Waals surface area contributed by atoms with Crippen molar-refractivity contribution < 1.29 is 13.9 Å². The number of rotatable bonds is 6. The maximum atomic E-state index is 13.5. The number of aromatic nitrogens is 3. The van der Waals surface area contributed by atoms with Crippen LogP contribution in [0.4, 0.5) is 10.1 Å². The van der Waals surface area contributed by atoms with Crippen LogP contribution in [-0.2, 0) is 6.54 Å². The standard InChI is InChI=1S/C27H25FN4O2/c1-31(2)22-8-6-5-7-18(22)15-32-16-21-26(17-9-11-19(28)12-10-17)29-30-27(21)20-13-24(33-3)25(34-4)14-23(20)32/h5-14,16H,15H2,1-4H3. The van der Waals surface area contributed by atoms with Gasteiger partial charge < -0.3 is 18.9 Å². The van der Waals surface area contributed by atoms with Crippen LogP contribution in [-0.4, -0.2) is 43.1 Å². The molecule has 7 heteroatoms. The van der Waals surface area contributed by atoms with Gasteiger partial charge in [0.2, 0.25) is 0 Å². The van der Waals surface area contributed by atoms with Crippen molar-refractivity contribution in [3.05, 3.63) is 78.2 Å². The topological polar surface area (TPSA) is 52.4 Å². The average Bonchev–Trinajstić information content (AvgIpc) is 3.28. The maximum absolute atomic E-state index is 13.5. The van der Waals surface area contributed by atoms with E-state index in [1.54, 1.807) is 26.4 Å².